The molecule has 3 rings (SSSR count). The molecule has 31 heavy (non-hydrogen) atoms. The van der Waals surface area contributed by atoms with E-state index in [0.717, 1.165) is 34.7 Å². The molecule has 0 saturated heterocycles. The largest absolute Gasteiger partial charge is 0.493 e. The van der Waals surface area contributed by atoms with Crippen LogP contribution in [0.4, 0.5) is 0 Å². The Morgan fingerprint density at radius 2 is 1.84 bits per heavy atom. The highest BCUT2D eigenvalue weighted by Crippen LogP contribution is 2.38. The second kappa shape index (κ2) is 10.6. The number of rotatable bonds is 10. The number of carbonyl (C=O) groups is 1. The molecular weight excluding hydrogens is 438 g/mol. The third-order valence-corrected chi connectivity index (χ3v) is 5.88. The van der Waals surface area contributed by atoms with Gasteiger partial charge < -0.3 is 24.1 Å². The SMILES string of the molecule is CCCn1c(SCC(=O)NCc2cc(OC)c(OC)c(OC)c2)nc2cc(Cl)ccc21. The third-order valence-electron chi connectivity index (χ3n) is 4.67. The molecule has 1 aromatic heterocycles. The first kappa shape index (κ1) is 23.1. The van der Waals surface area contributed by atoms with Crippen LogP contribution >= 0.6 is 23.4 Å². The lowest BCUT2D eigenvalue weighted by atomic mass is 10.2. The first-order valence-corrected chi connectivity index (χ1v) is 11.2. The summed E-state index contributed by atoms with van der Waals surface area (Å²) in [5.74, 6) is 1.78. The topological polar surface area (TPSA) is 74.6 Å². The summed E-state index contributed by atoms with van der Waals surface area (Å²) in [6, 6.07) is 9.31. The summed E-state index contributed by atoms with van der Waals surface area (Å²) in [6.45, 7) is 3.28. The van der Waals surface area contributed by atoms with Gasteiger partial charge in [0.2, 0.25) is 11.7 Å². The summed E-state index contributed by atoms with van der Waals surface area (Å²) in [7, 11) is 4.68. The van der Waals surface area contributed by atoms with E-state index in [0.29, 0.717) is 28.8 Å². The van der Waals surface area contributed by atoms with E-state index in [2.05, 4.69) is 21.8 Å². The molecule has 166 valence electrons. The number of methoxy groups -OCH3 is 3. The van der Waals surface area contributed by atoms with Crippen LogP contribution in [-0.2, 0) is 17.9 Å². The highest BCUT2D eigenvalue weighted by molar-refractivity contribution is 7.99. The minimum Gasteiger partial charge on any atom is -0.493 e. The molecule has 0 atom stereocenters. The Morgan fingerprint density at radius 1 is 1.13 bits per heavy atom. The van der Waals surface area contributed by atoms with Gasteiger partial charge in [-0.1, -0.05) is 30.3 Å². The molecule has 9 heteroatoms. The normalized spacial score (nSPS) is 10.9. The molecule has 1 amide bonds. The van der Waals surface area contributed by atoms with Gasteiger partial charge in [0.05, 0.1) is 38.1 Å². The van der Waals surface area contributed by atoms with Crippen LogP contribution in [0.3, 0.4) is 0 Å². The molecule has 0 bridgehead atoms. The van der Waals surface area contributed by atoms with Crippen LogP contribution in [0.15, 0.2) is 35.5 Å². The number of imidazole rings is 1. The number of nitrogens with one attached hydrogen (secondary N) is 1. The monoisotopic (exact) mass is 463 g/mol. The van der Waals surface area contributed by atoms with Crippen molar-refractivity contribution in [1.82, 2.24) is 14.9 Å². The number of hydrogen-bond donors (Lipinski definition) is 1. The smallest absolute Gasteiger partial charge is 0.230 e. The number of hydrogen-bond acceptors (Lipinski definition) is 6. The molecule has 2 aromatic carbocycles. The number of carbonyl (C=O) groups excluding carboxylic acids is 1. The predicted octanol–water partition coefficient (Wildman–Crippen LogP) is 4.53. The standard InChI is InChI=1S/C22H26ClN3O4S/c1-5-8-26-17-7-6-15(23)11-16(17)25-22(26)31-13-20(27)24-12-14-9-18(28-2)21(30-4)19(10-14)29-3/h6-7,9-11H,5,8,12-13H2,1-4H3,(H,24,27). The van der Waals surface area contributed by atoms with E-state index >= 15 is 0 Å². The Bertz CT molecular complexity index is 1050. The van der Waals surface area contributed by atoms with Crippen molar-refractivity contribution in [2.75, 3.05) is 27.1 Å². The first-order valence-electron chi connectivity index (χ1n) is 9.84. The van der Waals surface area contributed by atoms with E-state index in [1.165, 1.54) is 11.8 Å². The van der Waals surface area contributed by atoms with Crippen molar-refractivity contribution in [3.05, 3.63) is 40.9 Å². The van der Waals surface area contributed by atoms with Gasteiger partial charge >= 0.3 is 0 Å². The Labute approximate surface area is 191 Å². The molecule has 1 heterocycles. The molecule has 0 radical (unpaired) electrons. The zero-order valence-corrected chi connectivity index (χ0v) is 19.6. The van der Waals surface area contributed by atoms with Gasteiger partial charge in [0.15, 0.2) is 16.7 Å². The highest BCUT2D eigenvalue weighted by Gasteiger charge is 2.15. The minimum atomic E-state index is -0.0908. The summed E-state index contributed by atoms with van der Waals surface area (Å²) >= 11 is 7.51. The van der Waals surface area contributed by atoms with Gasteiger partial charge in [0, 0.05) is 18.1 Å². The van der Waals surface area contributed by atoms with E-state index in [9.17, 15) is 4.79 Å². The van der Waals surface area contributed by atoms with Crippen molar-refractivity contribution in [3.8, 4) is 17.2 Å². The van der Waals surface area contributed by atoms with Crippen molar-refractivity contribution >= 4 is 40.3 Å². The average molecular weight is 464 g/mol. The lowest BCUT2D eigenvalue weighted by Crippen LogP contribution is -2.24. The van der Waals surface area contributed by atoms with Crippen LogP contribution in [0.25, 0.3) is 11.0 Å². The minimum absolute atomic E-state index is 0.0908. The fourth-order valence-electron chi connectivity index (χ4n) is 3.25. The molecule has 1 N–H and O–H groups in total. The van der Waals surface area contributed by atoms with Gasteiger partial charge in [-0.2, -0.15) is 0 Å². The number of aromatic nitrogens is 2. The molecule has 0 aliphatic carbocycles. The van der Waals surface area contributed by atoms with E-state index in [1.54, 1.807) is 21.3 Å². The quantitative estimate of drug-likeness (QED) is 0.445. The van der Waals surface area contributed by atoms with Crippen LogP contribution < -0.4 is 19.5 Å². The van der Waals surface area contributed by atoms with Crippen molar-refractivity contribution < 1.29 is 19.0 Å². The maximum atomic E-state index is 12.5. The average Bonchev–Trinajstić information content (AvgIpc) is 3.11. The van der Waals surface area contributed by atoms with Gasteiger partial charge in [0.25, 0.3) is 0 Å². The molecular formula is C22H26ClN3O4S. The lowest BCUT2D eigenvalue weighted by Gasteiger charge is -2.14. The van der Waals surface area contributed by atoms with Crippen molar-refractivity contribution in [3.63, 3.8) is 0 Å². The number of thioether (sulfide) groups is 1. The Kier molecular flexibility index (Phi) is 7.92. The third kappa shape index (κ3) is 5.37. The number of aryl methyl sites for hydroxylation is 1. The lowest BCUT2D eigenvalue weighted by molar-refractivity contribution is -0.118. The zero-order chi connectivity index (χ0) is 22.4. The van der Waals surface area contributed by atoms with E-state index in [4.69, 9.17) is 25.8 Å². The summed E-state index contributed by atoms with van der Waals surface area (Å²) in [4.78, 5) is 17.1. The first-order chi connectivity index (χ1) is 15.0. The second-order valence-electron chi connectivity index (χ2n) is 6.78. The van der Waals surface area contributed by atoms with Crippen molar-refractivity contribution in [2.45, 2.75) is 31.6 Å². The van der Waals surface area contributed by atoms with Crippen molar-refractivity contribution in [2.24, 2.45) is 0 Å². The highest BCUT2D eigenvalue weighted by atomic mass is 35.5. The molecule has 0 fully saturated rings. The molecule has 0 aliphatic rings. The summed E-state index contributed by atoms with van der Waals surface area (Å²) in [5.41, 5.74) is 2.70. The van der Waals surface area contributed by atoms with Crippen LogP contribution in [0.1, 0.15) is 18.9 Å². The Hall–Kier alpha value is -2.58. The number of nitrogens with zero attached hydrogens (tertiary/aromatic N) is 2. The molecule has 0 spiro atoms. The van der Waals surface area contributed by atoms with Crippen molar-refractivity contribution in [1.29, 1.82) is 0 Å². The fourth-order valence-corrected chi connectivity index (χ4v) is 4.29. The fraction of sp³-hybridized carbons (Fsp3) is 0.364. The molecule has 0 saturated carbocycles. The number of halogens is 1. The zero-order valence-electron chi connectivity index (χ0n) is 18.0. The van der Waals surface area contributed by atoms with E-state index in [1.807, 2.05) is 30.3 Å². The van der Waals surface area contributed by atoms with Gasteiger partial charge in [-0.15, -0.1) is 0 Å². The summed E-state index contributed by atoms with van der Waals surface area (Å²) in [6.07, 6.45) is 0.967. The number of fused-ring (bicyclic) bond motifs is 1. The van der Waals surface area contributed by atoms with E-state index < -0.39 is 0 Å². The second-order valence-corrected chi connectivity index (χ2v) is 8.16. The van der Waals surface area contributed by atoms with Crippen LogP contribution in [-0.4, -0.2) is 42.5 Å². The van der Waals surface area contributed by atoms with Gasteiger partial charge in [-0.3, -0.25) is 4.79 Å². The van der Waals surface area contributed by atoms with Gasteiger partial charge in [-0.05, 0) is 42.3 Å². The maximum absolute atomic E-state index is 12.5. The molecule has 0 aliphatic heterocycles. The van der Waals surface area contributed by atoms with Crippen LogP contribution in [0.5, 0.6) is 17.2 Å². The molecule has 3 aromatic rings. The number of benzene rings is 2. The van der Waals surface area contributed by atoms with Crippen LogP contribution in [0.2, 0.25) is 5.02 Å². The van der Waals surface area contributed by atoms with Crippen LogP contribution in [0, 0.1) is 0 Å². The van der Waals surface area contributed by atoms with E-state index in [-0.39, 0.29) is 11.7 Å². The molecule has 7 nitrogen and oxygen atoms in total. The Morgan fingerprint density at radius 3 is 2.45 bits per heavy atom. The Balaban J connectivity index is 1.66. The van der Waals surface area contributed by atoms with Gasteiger partial charge in [-0.25, -0.2) is 4.98 Å². The summed E-state index contributed by atoms with van der Waals surface area (Å²) < 4.78 is 18.2. The number of ether oxygens (including phenoxy) is 3. The van der Waals surface area contributed by atoms with Gasteiger partial charge in [0.1, 0.15) is 0 Å². The number of amides is 1. The summed E-state index contributed by atoms with van der Waals surface area (Å²) in [5, 5.41) is 4.39. The predicted molar refractivity (Wildman–Crippen MR) is 124 cm³/mol. The maximum Gasteiger partial charge on any atom is 0.230 e. The molecule has 0 unspecified atom stereocenters.